The summed E-state index contributed by atoms with van der Waals surface area (Å²) in [6.07, 6.45) is 2.77. The second kappa shape index (κ2) is 3.00. The average Bonchev–Trinajstić information content (AvgIpc) is 2.08. The Labute approximate surface area is 87.1 Å². The molecule has 1 nitrogen and oxygen atoms in total. The van der Waals surface area contributed by atoms with E-state index >= 15 is 0 Å². The van der Waals surface area contributed by atoms with Crippen molar-refractivity contribution in [3.05, 3.63) is 0 Å². The molecule has 4 unspecified atom stereocenters. The second-order valence-corrected chi connectivity index (χ2v) is 7.35. The molecule has 4 atom stereocenters. The first-order valence-electron chi connectivity index (χ1n) is 5.12. The van der Waals surface area contributed by atoms with Crippen LogP contribution in [0, 0.1) is 33.4 Å². The van der Waals surface area contributed by atoms with Crippen molar-refractivity contribution in [2.24, 2.45) is 23.2 Å². The molecule has 0 radical (unpaired) electrons. The third-order valence-corrected chi connectivity index (χ3v) is 6.65. The minimum absolute atomic E-state index is 0.243. The monoisotopic (exact) mass is 243 g/mol. The van der Waals surface area contributed by atoms with Crippen LogP contribution in [0.3, 0.4) is 0 Å². The Balaban J connectivity index is 2.08. The fourth-order valence-corrected chi connectivity index (χ4v) is 5.15. The maximum atomic E-state index is 8.75. The molecule has 0 saturated heterocycles. The molecule has 72 valence electrons. The Bertz CT molecular complexity index is 253. The van der Waals surface area contributed by atoms with E-state index in [-0.39, 0.29) is 15.0 Å². The van der Waals surface area contributed by atoms with Crippen molar-refractivity contribution in [1.29, 1.82) is 5.26 Å². The predicted molar refractivity (Wildman–Crippen MR) is 54.3 cm³/mol. The quantitative estimate of drug-likeness (QED) is 0.648. The molecule has 0 N–H and O–H groups in total. The van der Waals surface area contributed by atoms with Gasteiger partial charge in [-0.05, 0) is 0 Å². The zero-order valence-corrected chi connectivity index (χ0v) is 10.3. The fourth-order valence-electron chi connectivity index (χ4n) is 3.33. The topological polar surface area (TPSA) is 23.8 Å². The van der Waals surface area contributed by atoms with Crippen LogP contribution < -0.4 is 0 Å². The van der Waals surface area contributed by atoms with Crippen molar-refractivity contribution in [2.45, 2.75) is 38.4 Å². The molecule has 0 amide bonds. The molecular formula is C11H17NSe. The molecule has 3 fully saturated rings. The van der Waals surface area contributed by atoms with Crippen LogP contribution in [0.15, 0.2) is 0 Å². The first-order valence-corrected chi connectivity index (χ1v) is 6.96. The maximum absolute atomic E-state index is 8.75. The van der Waals surface area contributed by atoms with Crippen LogP contribution in [0.2, 0.25) is 4.82 Å². The van der Waals surface area contributed by atoms with Gasteiger partial charge in [-0.15, -0.1) is 0 Å². The number of rotatable bonds is 1. The number of nitrogens with zero attached hydrogens (tertiary/aromatic N) is 1. The summed E-state index contributed by atoms with van der Waals surface area (Å²) in [5.41, 5.74) is 0.585. The van der Waals surface area contributed by atoms with Gasteiger partial charge in [0.1, 0.15) is 0 Å². The summed E-state index contributed by atoms with van der Waals surface area (Å²) >= 11 is 0.243. The van der Waals surface area contributed by atoms with Gasteiger partial charge in [-0.3, -0.25) is 0 Å². The van der Waals surface area contributed by atoms with Crippen molar-refractivity contribution >= 4 is 15.0 Å². The van der Waals surface area contributed by atoms with Gasteiger partial charge < -0.3 is 0 Å². The van der Waals surface area contributed by atoms with Crippen LogP contribution in [-0.2, 0) is 0 Å². The number of hydrogen-bond donors (Lipinski definition) is 0. The Kier molecular flexibility index (Phi) is 2.21. The van der Waals surface area contributed by atoms with Crippen LogP contribution in [0.25, 0.3) is 0 Å². The first kappa shape index (κ1) is 9.56. The molecule has 2 heteroatoms. The van der Waals surface area contributed by atoms with Gasteiger partial charge in [0.15, 0.2) is 0 Å². The molecule has 13 heavy (non-hydrogen) atoms. The van der Waals surface area contributed by atoms with E-state index in [9.17, 15) is 0 Å². The molecule has 3 saturated carbocycles. The molecule has 0 aromatic rings. The molecule has 0 aromatic carbocycles. The molecule has 0 aliphatic heterocycles. The molecular weight excluding hydrogens is 225 g/mol. The van der Waals surface area contributed by atoms with Crippen molar-refractivity contribution in [2.75, 3.05) is 0 Å². The zero-order valence-electron chi connectivity index (χ0n) is 8.58. The van der Waals surface area contributed by atoms with E-state index in [2.05, 4.69) is 25.7 Å². The van der Waals surface area contributed by atoms with Gasteiger partial charge in [0, 0.05) is 0 Å². The average molecular weight is 242 g/mol. The van der Waals surface area contributed by atoms with Crippen molar-refractivity contribution < 1.29 is 0 Å². The fraction of sp³-hybridized carbons (Fsp3) is 0.909. The molecule has 2 bridgehead atoms. The van der Waals surface area contributed by atoms with Gasteiger partial charge in [-0.25, -0.2) is 0 Å². The third kappa shape index (κ3) is 1.25. The third-order valence-electron chi connectivity index (χ3n) is 4.49. The SMILES string of the molecule is CC1C([Se]C#N)CC2CC1C2(C)C. The predicted octanol–water partition coefficient (Wildman–Crippen LogP) is 2.66. The second-order valence-electron chi connectivity index (χ2n) is 5.20. The molecule has 0 spiro atoms. The van der Waals surface area contributed by atoms with E-state index in [1.54, 1.807) is 0 Å². The van der Waals surface area contributed by atoms with Crippen LogP contribution in [0.1, 0.15) is 33.6 Å². The van der Waals surface area contributed by atoms with Gasteiger partial charge >= 0.3 is 86.8 Å². The molecule has 0 heterocycles. The van der Waals surface area contributed by atoms with E-state index < -0.39 is 0 Å². The van der Waals surface area contributed by atoms with Crippen molar-refractivity contribution in [3.8, 4) is 4.97 Å². The zero-order chi connectivity index (χ0) is 9.64. The van der Waals surface area contributed by atoms with Crippen LogP contribution in [0.5, 0.6) is 0 Å². The van der Waals surface area contributed by atoms with E-state index in [4.69, 9.17) is 5.26 Å². The summed E-state index contributed by atoms with van der Waals surface area (Å²) in [7, 11) is 0. The van der Waals surface area contributed by atoms with Gasteiger partial charge in [0.2, 0.25) is 0 Å². The van der Waals surface area contributed by atoms with E-state index in [0.717, 1.165) is 22.6 Å². The van der Waals surface area contributed by atoms with E-state index in [1.165, 1.54) is 12.8 Å². The normalized spacial score (nSPS) is 46.3. The van der Waals surface area contributed by atoms with Crippen LogP contribution >= 0.6 is 0 Å². The molecule has 3 rings (SSSR count). The molecule has 0 aromatic heterocycles. The summed E-state index contributed by atoms with van der Waals surface area (Å²) < 4.78 is 0. The Morgan fingerprint density at radius 3 is 2.54 bits per heavy atom. The number of fused-ring (bicyclic) bond motifs is 2. The number of hydrogen-bond acceptors (Lipinski definition) is 1. The minimum atomic E-state index is 0.243. The number of nitriles is 1. The summed E-state index contributed by atoms with van der Waals surface area (Å²) in [6, 6.07) is 0. The summed E-state index contributed by atoms with van der Waals surface area (Å²) in [6.45, 7) is 7.20. The Morgan fingerprint density at radius 2 is 2.08 bits per heavy atom. The van der Waals surface area contributed by atoms with Crippen LogP contribution in [0.4, 0.5) is 0 Å². The van der Waals surface area contributed by atoms with Crippen molar-refractivity contribution in [3.63, 3.8) is 0 Å². The standard InChI is InChI=1S/C11H17NSe/c1-7-9-4-8(11(9,2)3)5-10(7)13-6-12/h7-10H,4-5H2,1-3H3. The first-order chi connectivity index (χ1) is 6.07. The summed E-state index contributed by atoms with van der Waals surface area (Å²) in [5.74, 6) is 2.64. The Hall–Kier alpha value is 0.00948. The molecule has 3 aliphatic carbocycles. The van der Waals surface area contributed by atoms with Gasteiger partial charge in [-0.1, -0.05) is 0 Å². The summed E-state index contributed by atoms with van der Waals surface area (Å²) in [4.78, 5) is 3.16. The Morgan fingerprint density at radius 1 is 1.38 bits per heavy atom. The van der Waals surface area contributed by atoms with Gasteiger partial charge in [0.05, 0.1) is 0 Å². The summed E-state index contributed by atoms with van der Waals surface area (Å²) in [5, 5.41) is 8.75. The van der Waals surface area contributed by atoms with E-state index in [1.807, 2.05) is 0 Å². The van der Waals surface area contributed by atoms with Gasteiger partial charge in [-0.2, -0.15) is 0 Å². The van der Waals surface area contributed by atoms with E-state index in [0.29, 0.717) is 5.41 Å². The van der Waals surface area contributed by atoms with Gasteiger partial charge in [0.25, 0.3) is 0 Å². The van der Waals surface area contributed by atoms with Crippen LogP contribution in [-0.4, -0.2) is 15.0 Å². The molecule has 3 aliphatic rings. The van der Waals surface area contributed by atoms with Crippen molar-refractivity contribution in [1.82, 2.24) is 0 Å².